The van der Waals surface area contributed by atoms with E-state index in [-0.39, 0.29) is 0 Å². The molecule has 1 aliphatic rings. The van der Waals surface area contributed by atoms with Crippen molar-refractivity contribution >= 4 is 23.2 Å². The molecule has 0 spiro atoms. The van der Waals surface area contributed by atoms with Crippen LogP contribution in [0.5, 0.6) is 0 Å². The van der Waals surface area contributed by atoms with Gasteiger partial charge in [0.1, 0.15) is 0 Å². The Morgan fingerprint density at radius 1 is 1.25 bits per heavy atom. The van der Waals surface area contributed by atoms with E-state index in [1.165, 1.54) is 31.2 Å². The molecule has 3 heteroatoms. The van der Waals surface area contributed by atoms with Gasteiger partial charge in [0.05, 0.1) is 0 Å². The average Bonchev–Trinajstić information content (AvgIpc) is 2.75. The molecule has 1 unspecified atom stereocenters. The summed E-state index contributed by atoms with van der Waals surface area (Å²) in [7, 11) is 0. The van der Waals surface area contributed by atoms with Crippen LogP contribution in [0.3, 0.4) is 0 Å². The van der Waals surface area contributed by atoms with E-state index in [0.717, 1.165) is 5.02 Å². The summed E-state index contributed by atoms with van der Waals surface area (Å²) in [6.45, 7) is 0.673. The number of benzene rings is 1. The topological polar surface area (TPSA) is 26.0 Å². The zero-order chi connectivity index (χ0) is 11.5. The van der Waals surface area contributed by atoms with Gasteiger partial charge in [-0.3, -0.25) is 0 Å². The fourth-order valence-electron chi connectivity index (χ4n) is 2.74. The molecule has 1 saturated carbocycles. The third-order valence-electron chi connectivity index (χ3n) is 3.58. The van der Waals surface area contributed by atoms with E-state index < -0.39 is 0 Å². The minimum absolute atomic E-state index is 0.396. The lowest BCUT2D eigenvalue weighted by Gasteiger charge is -2.23. The molecule has 0 amide bonds. The van der Waals surface area contributed by atoms with Gasteiger partial charge in [0, 0.05) is 16.0 Å². The number of hydrogen-bond acceptors (Lipinski definition) is 1. The van der Waals surface area contributed by atoms with Crippen LogP contribution in [-0.2, 0) is 0 Å². The Labute approximate surface area is 107 Å². The predicted octanol–water partition coefficient (Wildman–Crippen LogP) is 4.23. The highest BCUT2D eigenvalue weighted by Gasteiger charge is 2.26. The number of halogens is 2. The molecule has 16 heavy (non-hydrogen) atoms. The summed E-state index contributed by atoms with van der Waals surface area (Å²) in [4.78, 5) is 0. The first-order valence-corrected chi connectivity index (χ1v) is 6.63. The summed E-state index contributed by atoms with van der Waals surface area (Å²) in [5, 5.41) is 1.45. The predicted molar refractivity (Wildman–Crippen MR) is 70.2 cm³/mol. The van der Waals surface area contributed by atoms with Crippen LogP contribution in [0.1, 0.15) is 37.2 Å². The molecule has 2 rings (SSSR count). The number of nitrogens with two attached hydrogens (primary N) is 1. The van der Waals surface area contributed by atoms with Crippen molar-refractivity contribution in [2.75, 3.05) is 6.54 Å². The maximum Gasteiger partial charge on any atom is 0.0456 e. The summed E-state index contributed by atoms with van der Waals surface area (Å²) < 4.78 is 0. The van der Waals surface area contributed by atoms with Crippen molar-refractivity contribution in [3.63, 3.8) is 0 Å². The first kappa shape index (κ1) is 12.2. The van der Waals surface area contributed by atoms with Gasteiger partial charge in [-0.1, -0.05) is 42.1 Å². The molecule has 1 aromatic carbocycles. The Balaban J connectivity index is 2.25. The van der Waals surface area contributed by atoms with Crippen molar-refractivity contribution in [3.8, 4) is 0 Å². The van der Waals surface area contributed by atoms with Crippen LogP contribution >= 0.6 is 23.2 Å². The first-order chi connectivity index (χ1) is 7.72. The van der Waals surface area contributed by atoms with Crippen molar-refractivity contribution < 1.29 is 0 Å². The number of rotatable bonds is 3. The monoisotopic (exact) mass is 257 g/mol. The van der Waals surface area contributed by atoms with Crippen LogP contribution in [0.4, 0.5) is 0 Å². The highest BCUT2D eigenvalue weighted by Crippen LogP contribution is 2.39. The highest BCUT2D eigenvalue weighted by molar-refractivity contribution is 6.35. The van der Waals surface area contributed by atoms with E-state index in [1.807, 2.05) is 18.2 Å². The maximum atomic E-state index is 6.24. The molecular weight excluding hydrogens is 241 g/mol. The maximum absolute atomic E-state index is 6.24. The van der Waals surface area contributed by atoms with E-state index in [9.17, 15) is 0 Å². The summed E-state index contributed by atoms with van der Waals surface area (Å²) in [5.41, 5.74) is 7.07. The van der Waals surface area contributed by atoms with E-state index >= 15 is 0 Å². The molecule has 0 aliphatic heterocycles. The molecule has 0 saturated heterocycles. The molecule has 88 valence electrons. The van der Waals surface area contributed by atoms with Gasteiger partial charge in [0.15, 0.2) is 0 Å². The minimum atomic E-state index is 0.396. The molecular formula is C13H17Cl2N. The van der Waals surface area contributed by atoms with Crippen LogP contribution < -0.4 is 5.73 Å². The third kappa shape index (κ3) is 2.53. The van der Waals surface area contributed by atoms with Crippen LogP contribution in [0.25, 0.3) is 0 Å². The lowest BCUT2D eigenvalue weighted by atomic mass is 9.85. The lowest BCUT2D eigenvalue weighted by molar-refractivity contribution is 0.440. The average molecular weight is 258 g/mol. The van der Waals surface area contributed by atoms with Gasteiger partial charge >= 0.3 is 0 Å². The van der Waals surface area contributed by atoms with Gasteiger partial charge < -0.3 is 5.73 Å². The van der Waals surface area contributed by atoms with Crippen molar-refractivity contribution in [2.24, 2.45) is 11.7 Å². The van der Waals surface area contributed by atoms with Gasteiger partial charge in [-0.2, -0.15) is 0 Å². The number of hydrogen-bond donors (Lipinski definition) is 1. The van der Waals surface area contributed by atoms with Gasteiger partial charge in [-0.05, 0) is 43.0 Å². The highest BCUT2D eigenvalue weighted by atomic mass is 35.5. The van der Waals surface area contributed by atoms with Gasteiger partial charge in [0.25, 0.3) is 0 Å². The van der Waals surface area contributed by atoms with E-state index in [2.05, 4.69) is 0 Å². The second-order valence-electron chi connectivity index (χ2n) is 4.55. The second-order valence-corrected chi connectivity index (χ2v) is 5.40. The third-order valence-corrected chi connectivity index (χ3v) is 4.15. The second kappa shape index (κ2) is 5.39. The van der Waals surface area contributed by atoms with E-state index in [4.69, 9.17) is 28.9 Å². The van der Waals surface area contributed by atoms with Crippen molar-refractivity contribution in [1.29, 1.82) is 0 Å². The van der Waals surface area contributed by atoms with Crippen molar-refractivity contribution in [2.45, 2.75) is 31.6 Å². The minimum Gasteiger partial charge on any atom is -0.330 e. The summed E-state index contributed by atoms with van der Waals surface area (Å²) in [6, 6.07) is 5.75. The molecule has 0 heterocycles. The Bertz CT molecular complexity index is 359. The zero-order valence-corrected chi connectivity index (χ0v) is 10.8. The first-order valence-electron chi connectivity index (χ1n) is 5.87. The molecule has 0 radical (unpaired) electrons. The summed E-state index contributed by atoms with van der Waals surface area (Å²) in [5.74, 6) is 1.09. The molecule has 1 fully saturated rings. The Hall–Kier alpha value is -0.240. The smallest absolute Gasteiger partial charge is 0.0456 e. The lowest BCUT2D eigenvalue weighted by Crippen LogP contribution is -2.20. The fraction of sp³-hybridized carbons (Fsp3) is 0.538. The molecule has 0 aromatic heterocycles. The van der Waals surface area contributed by atoms with E-state index in [0.29, 0.717) is 23.4 Å². The van der Waals surface area contributed by atoms with Gasteiger partial charge in [-0.15, -0.1) is 0 Å². The zero-order valence-electron chi connectivity index (χ0n) is 9.26. The fourth-order valence-corrected chi connectivity index (χ4v) is 3.28. The molecule has 2 N–H and O–H groups in total. The molecule has 0 bridgehead atoms. The SMILES string of the molecule is NCC(c1ccc(Cl)cc1Cl)C1CCCC1. The summed E-state index contributed by atoms with van der Waals surface area (Å²) >= 11 is 12.2. The van der Waals surface area contributed by atoms with Gasteiger partial charge in [0.2, 0.25) is 0 Å². The van der Waals surface area contributed by atoms with Crippen LogP contribution in [-0.4, -0.2) is 6.54 Å². The van der Waals surface area contributed by atoms with Gasteiger partial charge in [-0.25, -0.2) is 0 Å². The Morgan fingerprint density at radius 2 is 1.94 bits per heavy atom. The Kier molecular flexibility index (Phi) is 4.12. The molecule has 1 aliphatic carbocycles. The molecule has 1 atom stereocenters. The Morgan fingerprint density at radius 3 is 2.50 bits per heavy atom. The molecule has 1 nitrogen and oxygen atoms in total. The van der Waals surface area contributed by atoms with Crippen molar-refractivity contribution in [3.05, 3.63) is 33.8 Å². The van der Waals surface area contributed by atoms with Crippen LogP contribution in [0.2, 0.25) is 10.0 Å². The largest absolute Gasteiger partial charge is 0.330 e. The summed E-state index contributed by atoms with van der Waals surface area (Å²) in [6.07, 6.45) is 5.21. The van der Waals surface area contributed by atoms with Crippen molar-refractivity contribution in [1.82, 2.24) is 0 Å². The molecule has 1 aromatic rings. The standard InChI is InChI=1S/C13H17Cl2N/c14-10-5-6-11(13(15)7-10)12(8-16)9-3-1-2-4-9/h5-7,9,12H,1-4,8,16H2. The van der Waals surface area contributed by atoms with Crippen LogP contribution in [0.15, 0.2) is 18.2 Å². The quantitative estimate of drug-likeness (QED) is 0.862. The van der Waals surface area contributed by atoms with Crippen LogP contribution in [0, 0.1) is 5.92 Å². The normalized spacial score (nSPS) is 18.9. The van der Waals surface area contributed by atoms with E-state index in [1.54, 1.807) is 0 Å².